The molecule has 0 fully saturated rings. The van der Waals surface area contributed by atoms with Crippen LogP contribution >= 0.6 is 11.6 Å². The lowest BCUT2D eigenvalue weighted by atomic mass is 10.2. The Hall–Kier alpha value is -1.55. The van der Waals surface area contributed by atoms with Crippen molar-refractivity contribution in [2.24, 2.45) is 0 Å². The Morgan fingerprint density at radius 1 is 1.47 bits per heavy atom. The molecule has 0 aliphatic carbocycles. The Bertz CT molecular complexity index is 602. The van der Waals surface area contributed by atoms with Crippen LogP contribution in [0.15, 0.2) is 18.2 Å². The summed E-state index contributed by atoms with van der Waals surface area (Å²) >= 11 is 6.14. The van der Waals surface area contributed by atoms with Gasteiger partial charge in [-0.05, 0) is 12.1 Å². The summed E-state index contributed by atoms with van der Waals surface area (Å²) in [5.41, 5.74) is 1.05. The highest BCUT2D eigenvalue weighted by molar-refractivity contribution is 6.36. The number of nitrogens with zero attached hydrogens (tertiary/aromatic N) is 2. The van der Waals surface area contributed by atoms with E-state index >= 15 is 0 Å². The van der Waals surface area contributed by atoms with Crippen LogP contribution in [0.2, 0.25) is 5.02 Å². The summed E-state index contributed by atoms with van der Waals surface area (Å²) in [6, 6.07) is 5.57. The van der Waals surface area contributed by atoms with Gasteiger partial charge < -0.3 is 5.32 Å². The predicted molar refractivity (Wildman–Crippen MR) is 59.1 cm³/mol. The van der Waals surface area contributed by atoms with Crippen LogP contribution in [0.5, 0.6) is 0 Å². The maximum Gasteiger partial charge on any atom is 0.224 e. The summed E-state index contributed by atoms with van der Waals surface area (Å²) in [6.07, 6.45) is 0. The van der Waals surface area contributed by atoms with E-state index in [9.17, 15) is 0 Å². The normalized spacial score (nSPS) is 13.9. The van der Waals surface area contributed by atoms with E-state index in [4.69, 9.17) is 17.0 Å². The fourth-order valence-electron chi connectivity index (χ4n) is 1.94. The largest absolute Gasteiger partial charge is 0.369 e. The molecule has 0 amide bonds. The van der Waals surface area contributed by atoms with Gasteiger partial charge in [0.05, 0.1) is 15.9 Å². The van der Waals surface area contributed by atoms with Crippen molar-refractivity contribution in [3.8, 4) is 0 Å². The first kappa shape index (κ1) is 8.73. The van der Waals surface area contributed by atoms with Gasteiger partial charge in [-0.25, -0.2) is 4.98 Å². The van der Waals surface area contributed by atoms with Crippen molar-refractivity contribution in [1.82, 2.24) is 9.55 Å². The Balaban J connectivity index is 2.55. The molecular formula is C10H9ClN4. The van der Waals surface area contributed by atoms with E-state index in [1.807, 2.05) is 22.8 Å². The van der Waals surface area contributed by atoms with E-state index < -0.39 is 0 Å². The maximum absolute atomic E-state index is 7.77. The van der Waals surface area contributed by atoms with Gasteiger partial charge in [-0.15, -0.1) is 0 Å². The van der Waals surface area contributed by atoms with E-state index in [1.54, 1.807) is 0 Å². The molecule has 1 aromatic heterocycles. The summed E-state index contributed by atoms with van der Waals surface area (Å²) < 4.78 is 1.84. The van der Waals surface area contributed by atoms with Gasteiger partial charge in [0.25, 0.3) is 0 Å². The highest BCUT2D eigenvalue weighted by atomic mass is 35.5. The minimum atomic E-state index is 0.282. The molecule has 2 aromatic rings. The molecule has 0 saturated carbocycles. The zero-order valence-electron chi connectivity index (χ0n) is 7.92. The first-order chi connectivity index (χ1) is 7.27. The molecule has 3 rings (SSSR count). The van der Waals surface area contributed by atoms with Gasteiger partial charge in [-0.2, -0.15) is 0 Å². The fourth-order valence-corrected chi connectivity index (χ4v) is 2.20. The first-order valence-corrected chi connectivity index (χ1v) is 5.13. The Morgan fingerprint density at radius 2 is 2.33 bits per heavy atom. The molecule has 15 heavy (non-hydrogen) atoms. The zero-order valence-corrected chi connectivity index (χ0v) is 8.67. The molecule has 2 N–H and O–H groups in total. The fraction of sp³-hybridized carbons (Fsp3) is 0.200. The van der Waals surface area contributed by atoms with Gasteiger partial charge in [0.2, 0.25) is 5.62 Å². The lowest BCUT2D eigenvalue weighted by Gasteiger charge is -2.08. The molecule has 5 heteroatoms. The topological polar surface area (TPSA) is 53.7 Å². The van der Waals surface area contributed by atoms with Gasteiger partial charge in [-0.1, -0.05) is 17.7 Å². The number of anilines is 1. The van der Waals surface area contributed by atoms with Gasteiger partial charge >= 0.3 is 0 Å². The Kier molecular flexibility index (Phi) is 1.73. The second kappa shape index (κ2) is 2.97. The summed E-state index contributed by atoms with van der Waals surface area (Å²) in [5, 5.41) is 12.6. The lowest BCUT2D eigenvalue weighted by Crippen LogP contribution is -2.21. The van der Waals surface area contributed by atoms with E-state index in [-0.39, 0.29) is 5.62 Å². The summed E-state index contributed by atoms with van der Waals surface area (Å²) in [6.45, 7) is 1.61. The average molecular weight is 221 g/mol. The van der Waals surface area contributed by atoms with E-state index in [0.29, 0.717) is 5.02 Å². The van der Waals surface area contributed by atoms with Gasteiger partial charge in [0, 0.05) is 13.1 Å². The van der Waals surface area contributed by atoms with E-state index in [1.165, 1.54) is 0 Å². The first-order valence-electron chi connectivity index (χ1n) is 4.75. The summed E-state index contributed by atoms with van der Waals surface area (Å²) in [4.78, 5) is 4.21. The maximum atomic E-state index is 7.77. The van der Waals surface area contributed by atoms with E-state index in [0.717, 1.165) is 29.8 Å². The number of hydrogen-bond acceptors (Lipinski definition) is 3. The van der Waals surface area contributed by atoms with Crippen molar-refractivity contribution in [1.29, 1.82) is 5.41 Å². The molecule has 4 nitrogen and oxygen atoms in total. The molecule has 0 saturated heterocycles. The average Bonchev–Trinajstić information content (AvgIpc) is 2.66. The second-order valence-corrected chi connectivity index (χ2v) is 3.90. The van der Waals surface area contributed by atoms with Crippen LogP contribution in [-0.4, -0.2) is 16.1 Å². The number of benzene rings is 1. The highest BCUT2D eigenvalue weighted by Gasteiger charge is 2.16. The van der Waals surface area contributed by atoms with Crippen LogP contribution in [0.4, 0.5) is 5.82 Å². The quantitative estimate of drug-likeness (QED) is 0.709. The highest BCUT2D eigenvalue weighted by Crippen LogP contribution is 2.29. The number of aromatic nitrogens is 2. The molecular weight excluding hydrogens is 212 g/mol. The standard InChI is InChI=1S/C10H9ClN4/c11-6-2-1-3-7-8(6)9-13-4-5-15(9)10(12)14-7/h1-3,12-13H,4-5H2. The number of halogens is 1. The number of rotatable bonds is 0. The van der Waals surface area contributed by atoms with Crippen LogP contribution in [0, 0.1) is 5.41 Å². The summed E-state index contributed by atoms with van der Waals surface area (Å²) in [5.74, 6) is 0.913. The number of nitrogens with one attached hydrogen (secondary N) is 2. The smallest absolute Gasteiger partial charge is 0.224 e. The number of hydrogen-bond donors (Lipinski definition) is 2. The molecule has 0 spiro atoms. The minimum absolute atomic E-state index is 0.282. The van der Waals surface area contributed by atoms with Crippen molar-refractivity contribution in [3.05, 3.63) is 28.8 Å². The van der Waals surface area contributed by atoms with Crippen LogP contribution in [-0.2, 0) is 6.54 Å². The van der Waals surface area contributed by atoms with Crippen molar-refractivity contribution < 1.29 is 0 Å². The van der Waals surface area contributed by atoms with Crippen LogP contribution in [0.1, 0.15) is 0 Å². The molecule has 1 aliphatic heterocycles. The van der Waals surface area contributed by atoms with E-state index in [2.05, 4.69) is 10.3 Å². The number of fused-ring (bicyclic) bond motifs is 3. The van der Waals surface area contributed by atoms with Crippen molar-refractivity contribution in [2.45, 2.75) is 6.54 Å². The lowest BCUT2D eigenvalue weighted by molar-refractivity contribution is 0.717. The van der Waals surface area contributed by atoms with Gasteiger partial charge in [-0.3, -0.25) is 9.98 Å². The second-order valence-electron chi connectivity index (χ2n) is 3.50. The van der Waals surface area contributed by atoms with Crippen molar-refractivity contribution in [3.63, 3.8) is 0 Å². The Labute approximate surface area is 91.0 Å². The van der Waals surface area contributed by atoms with Crippen LogP contribution < -0.4 is 10.9 Å². The van der Waals surface area contributed by atoms with Crippen LogP contribution in [0.25, 0.3) is 10.9 Å². The molecule has 0 unspecified atom stereocenters. The molecule has 1 aliphatic rings. The minimum Gasteiger partial charge on any atom is -0.369 e. The SMILES string of the molecule is N=c1nc2cccc(Cl)c2c2n1CCN2. The third-order valence-electron chi connectivity index (χ3n) is 2.61. The molecule has 0 radical (unpaired) electrons. The van der Waals surface area contributed by atoms with Gasteiger partial charge in [0.1, 0.15) is 5.82 Å². The predicted octanol–water partition coefficient (Wildman–Crippen LogP) is 1.59. The third kappa shape index (κ3) is 1.15. The van der Waals surface area contributed by atoms with Crippen molar-refractivity contribution in [2.75, 3.05) is 11.9 Å². The zero-order chi connectivity index (χ0) is 10.4. The molecule has 2 heterocycles. The van der Waals surface area contributed by atoms with Crippen molar-refractivity contribution >= 4 is 28.3 Å². The summed E-state index contributed by atoms with van der Waals surface area (Å²) in [7, 11) is 0. The van der Waals surface area contributed by atoms with Crippen LogP contribution in [0.3, 0.4) is 0 Å². The molecule has 0 bridgehead atoms. The Morgan fingerprint density at radius 3 is 3.20 bits per heavy atom. The third-order valence-corrected chi connectivity index (χ3v) is 2.92. The molecule has 1 aromatic carbocycles. The molecule has 0 atom stereocenters. The monoisotopic (exact) mass is 220 g/mol. The van der Waals surface area contributed by atoms with Gasteiger partial charge in [0.15, 0.2) is 0 Å². The molecule has 76 valence electrons.